The number of aromatic nitrogens is 8. The first kappa shape index (κ1) is 24.6. The summed E-state index contributed by atoms with van der Waals surface area (Å²) in [4.78, 5) is -1.48. The fourth-order valence-corrected chi connectivity index (χ4v) is 5.43. The average Bonchev–Trinajstić information content (AvgIpc) is 2.91. The van der Waals surface area contributed by atoms with Crippen molar-refractivity contribution in [3.05, 3.63) is 84.2 Å². The monoisotopic (exact) mass is 530 g/mol. The molecule has 0 aliphatic carbocycles. The highest BCUT2D eigenvalue weighted by Crippen LogP contribution is 2.36. The lowest BCUT2D eigenvalue weighted by Crippen LogP contribution is -2.20. The molecule has 0 saturated carbocycles. The van der Waals surface area contributed by atoms with Crippen LogP contribution in [0, 0.1) is 0 Å². The van der Waals surface area contributed by atoms with Crippen LogP contribution in [0.2, 0.25) is 0 Å². The Hall–Kier alpha value is -4.52. The van der Waals surface area contributed by atoms with E-state index < -0.39 is 30.0 Å². The van der Waals surface area contributed by atoms with Gasteiger partial charge in [-0.3, -0.25) is 0 Å². The summed E-state index contributed by atoms with van der Waals surface area (Å²) in [6.45, 7) is 0. The Morgan fingerprint density at radius 2 is 0.972 bits per heavy atom. The van der Waals surface area contributed by atoms with E-state index in [9.17, 15) is 16.8 Å². The Morgan fingerprint density at radius 3 is 1.31 bits per heavy atom. The molecular weight excluding hydrogens is 516 g/mol. The summed E-state index contributed by atoms with van der Waals surface area (Å²) in [7, 11) is -9.74. The van der Waals surface area contributed by atoms with Gasteiger partial charge in [0.25, 0.3) is 0 Å². The molecule has 0 atom stereocenters. The topological polar surface area (TPSA) is 214 Å². The van der Waals surface area contributed by atoms with Gasteiger partial charge in [0, 0.05) is 0 Å². The lowest BCUT2D eigenvalue weighted by atomic mass is 10.1. The number of nitrogens with one attached hydrogen (secondary N) is 2. The number of hydrogen-bond donors (Lipinski definition) is 2. The Bertz CT molecular complexity index is 1420. The molecule has 0 spiro atoms. The first-order valence-electron chi connectivity index (χ1n) is 9.63. The molecule has 18 heteroatoms. The van der Waals surface area contributed by atoms with Crippen molar-refractivity contribution in [2.45, 2.75) is 0 Å². The van der Waals surface area contributed by atoms with E-state index in [2.05, 4.69) is 52.2 Å². The molecule has 0 aliphatic rings. The van der Waals surface area contributed by atoms with Crippen LogP contribution in [0.3, 0.4) is 0 Å². The van der Waals surface area contributed by atoms with E-state index in [1.54, 1.807) is 12.1 Å². The van der Waals surface area contributed by atoms with Crippen molar-refractivity contribution in [2.75, 3.05) is 11.0 Å². The van der Waals surface area contributed by atoms with Gasteiger partial charge in [0.2, 0.25) is 0 Å². The summed E-state index contributed by atoms with van der Waals surface area (Å²) >= 11 is 0. The van der Waals surface area contributed by atoms with Crippen LogP contribution in [0.15, 0.2) is 73.1 Å². The molecule has 0 aliphatic heterocycles. The average molecular weight is 531 g/mol. The van der Waals surface area contributed by atoms with Crippen LogP contribution < -0.4 is 11.0 Å². The SMILES string of the molecule is O=S(=O)(ONc1cnnnn1)C(=C(c1ccccc1)S(=O)(=O)ONc1cnnnn1)c1ccccc1. The molecule has 36 heavy (non-hydrogen) atoms. The third kappa shape index (κ3) is 5.93. The molecule has 0 fully saturated rings. The fraction of sp³-hybridized carbons (Fsp3) is 0. The molecule has 0 saturated heterocycles. The van der Waals surface area contributed by atoms with Gasteiger partial charge in [0.05, 0.1) is 12.4 Å². The van der Waals surface area contributed by atoms with Gasteiger partial charge in [-0.15, -0.1) is 29.0 Å². The van der Waals surface area contributed by atoms with Crippen LogP contribution in [-0.2, 0) is 28.8 Å². The molecular formula is C18H14N10O6S2. The molecule has 16 nitrogen and oxygen atoms in total. The van der Waals surface area contributed by atoms with E-state index in [0.717, 1.165) is 12.4 Å². The summed E-state index contributed by atoms with van der Waals surface area (Å²) in [5.41, 5.74) is 4.10. The molecule has 184 valence electrons. The van der Waals surface area contributed by atoms with Crippen LogP contribution >= 0.6 is 0 Å². The highest BCUT2D eigenvalue weighted by molar-refractivity contribution is 8.02. The van der Waals surface area contributed by atoms with E-state index in [4.69, 9.17) is 8.57 Å². The smallest absolute Gasteiger partial charge is 0.228 e. The molecule has 0 radical (unpaired) electrons. The number of benzene rings is 2. The zero-order valence-corrected chi connectivity index (χ0v) is 19.4. The maximum absolute atomic E-state index is 13.4. The summed E-state index contributed by atoms with van der Waals surface area (Å²) < 4.78 is 63.5. The van der Waals surface area contributed by atoms with Gasteiger partial charge in [-0.2, -0.15) is 16.8 Å². The normalized spacial score (nSPS) is 12.4. The number of hydrogen-bond acceptors (Lipinski definition) is 16. The third-order valence-corrected chi connectivity index (χ3v) is 6.75. The maximum Gasteiger partial charge on any atom is 0.319 e. The van der Waals surface area contributed by atoms with Crippen molar-refractivity contribution in [1.82, 2.24) is 41.2 Å². The first-order valence-corrected chi connectivity index (χ1v) is 12.4. The summed E-state index contributed by atoms with van der Waals surface area (Å²) in [6.07, 6.45) is 2.08. The van der Waals surface area contributed by atoms with Gasteiger partial charge in [-0.1, -0.05) is 60.7 Å². The van der Waals surface area contributed by atoms with Crippen LogP contribution in [0.1, 0.15) is 11.1 Å². The predicted molar refractivity (Wildman–Crippen MR) is 122 cm³/mol. The van der Waals surface area contributed by atoms with Crippen molar-refractivity contribution < 1.29 is 25.4 Å². The number of nitrogens with zero attached hydrogens (tertiary/aromatic N) is 8. The zero-order valence-electron chi connectivity index (χ0n) is 17.8. The lowest BCUT2D eigenvalue weighted by Gasteiger charge is -2.16. The van der Waals surface area contributed by atoms with E-state index in [1.165, 1.54) is 48.5 Å². The van der Waals surface area contributed by atoms with Crippen molar-refractivity contribution in [1.29, 1.82) is 0 Å². The molecule has 0 amide bonds. The summed E-state index contributed by atoms with van der Waals surface area (Å²) in [6, 6.07) is 14.8. The molecule has 0 unspecified atom stereocenters. The van der Waals surface area contributed by atoms with Crippen LogP contribution in [0.25, 0.3) is 9.81 Å². The maximum atomic E-state index is 13.4. The molecule has 0 bridgehead atoms. The molecule has 2 heterocycles. The van der Waals surface area contributed by atoms with Gasteiger partial charge in [0.1, 0.15) is 9.81 Å². The van der Waals surface area contributed by atoms with E-state index >= 15 is 0 Å². The molecule has 2 aromatic heterocycles. The van der Waals surface area contributed by atoms with Crippen LogP contribution in [-0.4, -0.2) is 58.1 Å². The molecule has 4 rings (SSSR count). The highest BCUT2D eigenvalue weighted by atomic mass is 32.2. The lowest BCUT2D eigenvalue weighted by molar-refractivity contribution is 0.393. The van der Waals surface area contributed by atoms with E-state index in [0.29, 0.717) is 0 Å². The number of rotatable bonds is 10. The molecule has 2 N–H and O–H groups in total. The summed E-state index contributed by atoms with van der Waals surface area (Å²) in [5, 5.41) is 26.9. The van der Waals surface area contributed by atoms with Crippen molar-refractivity contribution in [3.8, 4) is 0 Å². The fourth-order valence-electron chi connectivity index (χ4n) is 2.72. The molecule has 2 aromatic carbocycles. The zero-order chi connectivity index (χ0) is 25.4. The Morgan fingerprint density at radius 1 is 0.583 bits per heavy atom. The predicted octanol–water partition coefficient (Wildman–Crippen LogP) is 0.419. The second kappa shape index (κ2) is 10.8. The van der Waals surface area contributed by atoms with Gasteiger partial charge in [0.15, 0.2) is 11.6 Å². The summed E-state index contributed by atoms with van der Waals surface area (Å²) in [5.74, 6) is -0.404. The minimum absolute atomic E-state index is 0.0189. The minimum Gasteiger partial charge on any atom is -0.228 e. The van der Waals surface area contributed by atoms with Gasteiger partial charge in [-0.25, -0.2) is 11.0 Å². The Balaban J connectivity index is 1.87. The van der Waals surface area contributed by atoms with E-state index in [1.807, 2.05) is 0 Å². The quantitative estimate of drug-likeness (QED) is 0.210. The van der Waals surface area contributed by atoms with Crippen molar-refractivity contribution >= 4 is 41.7 Å². The second-order valence-electron chi connectivity index (χ2n) is 6.49. The van der Waals surface area contributed by atoms with E-state index in [-0.39, 0.29) is 22.8 Å². The molecule has 4 aromatic rings. The first-order chi connectivity index (χ1) is 17.4. The second-order valence-corrected chi connectivity index (χ2v) is 9.45. The van der Waals surface area contributed by atoms with Crippen molar-refractivity contribution in [3.63, 3.8) is 0 Å². The third-order valence-electron chi connectivity index (χ3n) is 4.14. The van der Waals surface area contributed by atoms with Gasteiger partial charge < -0.3 is 0 Å². The number of anilines is 2. The Kier molecular flexibility index (Phi) is 7.39. The van der Waals surface area contributed by atoms with Gasteiger partial charge in [-0.05, 0) is 32.0 Å². The minimum atomic E-state index is -4.87. The van der Waals surface area contributed by atoms with Crippen LogP contribution in [0.4, 0.5) is 11.6 Å². The van der Waals surface area contributed by atoms with Crippen LogP contribution in [0.5, 0.6) is 0 Å². The van der Waals surface area contributed by atoms with Gasteiger partial charge >= 0.3 is 20.2 Å². The highest BCUT2D eigenvalue weighted by Gasteiger charge is 2.35. The largest absolute Gasteiger partial charge is 0.319 e. The standard InChI is InChI=1S/C18H14N10O6S2/c29-35(30,33-23-15-11-19-25-27-21-15)17(13-7-3-1-4-8-13)18(14-9-5-2-6-10-14)36(31,32)34-24-16-12-20-26-28-22-16/h1-12H,(H,21,23,25)(H,22,24,26). The van der Waals surface area contributed by atoms with Crippen molar-refractivity contribution in [2.24, 2.45) is 0 Å². The Labute approximate surface area is 203 Å².